The van der Waals surface area contributed by atoms with Gasteiger partial charge in [-0.2, -0.15) is 0 Å². The van der Waals surface area contributed by atoms with Gasteiger partial charge in [0.15, 0.2) is 0 Å². The molecule has 2 rings (SSSR count). The first-order valence-electron chi connectivity index (χ1n) is 7.34. The lowest BCUT2D eigenvalue weighted by Gasteiger charge is -2.17. The van der Waals surface area contributed by atoms with Crippen LogP contribution in [0.3, 0.4) is 0 Å². The molecule has 1 N–H and O–H groups in total. The zero-order valence-corrected chi connectivity index (χ0v) is 15.5. The number of carbonyl (C=O) groups is 1. The van der Waals surface area contributed by atoms with Crippen LogP contribution < -0.4 is 5.32 Å². The molecule has 1 amide bonds. The predicted octanol–water partition coefficient (Wildman–Crippen LogP) is 4.87. The van der Waals surface area contributed by atoms with Crippen LogP contribution in [0.25, 0.3) is 0 Å². The number of hydrogen-bond acceptors (Lipinski definition) is 3. The Labute approximate surface area is 150 Å². The number of anilines is 1. The molecule has 0 aliphatic heterocycles. The van der Waals surface area contributed by atoms with E-state index in [1.165, 1.54) is 0 Å². The minimum Gasteiger partial charge on any atom is -0.388 e. The lowest BCUT2D eigenvalue weighted by molar-refractivity contribution is 0.102. The topological polar surface area (TPSA) is 47.6 Å². The summed E-state index contributed by atoms with van der Waals surface area (Å²) < 4.78 is 10.3. The number of nitrogens with one attached hydrogen (secondary N) is 1. The second-order valence-corrected chi connectivity index (χ2v) is 9.34. The molecule has 0 aliphatic carbocycles. The van der Waals surface area contributed by atoms with E-state index in [0.29, 0.717) is 11.7 Å². The number of benzene rings is 2. The summed E-state index contributed by atoms with van der Waals surface area (Å²) in [5.74, 6) is -0.184. The Balaban J connectivity index is 2.09. The molecule has 0 bridgehead atoms. The summed E-state index contributed by atoms with van der Waals surface area (Å²) in [7, 11) is 0.844. The van der Waals surface area contributed by atoms with Gasteiger partial charge in [0.25, 0.3) is 12.9 Å². The van der Waals surface area contributed by atoms with E-state index < -0.39 is 7.00 Å². The highest BCUT2D eigenvalue weighted by Crippen LogP contribution is 2.56. The molecule has 2 aromatic rings. The molecule has 0 aromatic heterocycles. The third-order valence-electron chi connectivity index (χ3n) is 3.28. The van der Waals surface area contributed by atoms with Crippen molar-refractivity contribution >= 4 is 27.1 Å². The molecule has 25 heavy (non-hydrogen) atoms. The highest BCUT2D eigenvalue weighted by atomic mass is 31.8. The zero-order chi connectivity index (χ0) is 18.3. The summed E-state index contributed by atoms with van der Waals surface area (Å²) in [6.07, 6.45) is 14.9. The van der Waals surface area contributed by atoms with Gasteiger partial charge in [-0.15, -0.1) is 0 Å². The van der Waals surface area contributed by atoms with E-state index in [1.807, 2.05) is 31.2 Å². The van der Waals surface area contributed by atoms with E-state index >= 15 is 0 Å². The van der Waals surface area contributed by atoms with Gasteiger partial charge >= 0.3 is 0 Å². The average molecular weight is 369 g/mol. The van der Waals surface area contributed by atoms with Crippen LogP contribution in [0.2, 0.25) is 0 Å². The summed E-state index contributed by atoms with van der Waals surface area (Å²) in [5, 5.41) is 2.86. The standard InChI is InChI=1S/C19H17NO3P2/c1-4-22-25(24,23-5-2)14-16-9-11-17(12-10-16)19(21)20-18-8-6-7-15(3)13-18/h1-2,6-13,24H,14H2,3H3,(H,20,21). The van der Waals surface area contributed by atoms with Gasteiger partial charge in [0.05, 0.1) is 6.16 Å². The van der Waals surface area contributed by atoms with E-state index in [2.05, 4.69) is 26.1 Å². The first-order valence-corrected chi connectivity index (χ1v) is 10.5. The molecule has 0 atom stereocenters. The van der Waals surface area contributed by atoms with Crippen LogP contribution in [-0.4, -0.2) is 5.91 Å². The van der Waals surface area contributed by atoms with Crippen LogP contribution in [0.1, 0.15) is 21.5 Å². The molecule has 0 spiro atoms. The van der Waals surface area contributed by atoms with Crippen molar-refractivity contribution in [1.82, 2.24) is 0 Å². The van der Waals surface area contributed by atoms with Crippen molar-refractivity contribution in [3.63, 3.8) is 0 Å². The number of carbonyl (C=O) groups excluding carboxylic acids is 1. The number of aryl methyl sites for hydroxylation is 1. The summed E-state index contributed by atoms with van der Waals surface area (Å²) in [6.45, 7) is 1.97. The zero-order valence-electron chi connectivity index (χ0n) is 13.7. The highest BCUT2D eigenvalue weighted by molar-refractivity contribution is 7.92. The van der Waals surface area contributed by atoms with Gasteiger partial charge in [0.2, 0.25) is 0 Å². The Morgan fingerprint density at radius 2 is 1.80 bits per heavy atom. The summed E-state index contributed by atoms with van der Waals surface area (Å²) in [4.78, 5) is 12.3. The van der Waals surface area contributed by atoms with Crippen molar-refractivity contribution < 1.29 is 13.8 Å². The Bertz CT molecular complexity index is 872. The second kappa shape index (κ2) is 8.46. The Kier molecular flexibility index (Phi) is 6.32. The average Bonchev–Trinajstić information content (AvgIpc) is 2.55. The van der Waals surface area contributed by atoms with Crippen molar-refractivity contribution in [3.05, 3.63) is 65.2 Å². The third-order valence-corrected chi connectivity index (χ3v) is 5.89. The molecule has 0 heterocycles. The number of amides is 1. The fourth-order valence-electron chi connectivity index (χ4n) is 2.18. The largest absolute Gasteiger partial charge is 0.388 e. The lowest BCUT2D eigenvalue weighted by atomic mass is 10.1. The molecule has 0 aliphatic rings. The minimum absolute atomic E-state index is 0.184. The molecule has 0 unspecified atom stereocenters. The Morgan fingerprint density at radius 1 is 1.16 bits per heavy atom. The van der Waals surface area contributed by atoms with Crippen LogP contribution in [-0.2, 0) is 15.2 Å². The van der Waals surface area contributed by atoms with Crippen LogP contribution >= 0.6 is 15.5 Å². The quantitative estimate of drug-likeness (QED) is 0.584. The summed E-state index contributed by atoms with van der Waals surface area (Å²) in [6, 6.07) is 14.7. The van der Waals surface area contributed by atoms with Gasteiger partial charge in [-0.25, -0.2) is 0 Å². The molecule has 0 saturated carbocycles. The van der Waals surface area contributed by atoms with Crippen molar-refractivity contribution in [2.24, 2.45) is 0 Å². The van der Waals surface area contributed by atoms with E-state index in [4.69, 9.17) is 21.9 Å². The van der Waals surface area contributed by atoms with E-state index in [9.17, 15) is 4.79 Å². The van der Waals surface area contributed by atoms with Crippen molar-refractivity contribution in [2.75, 3.05) is 5.32 Å². The third kappa shape index (κ3) is 5.44. The molecule has 0 saturated heterocycles. The predicted molar refractivity (Wildman–Crippen MR) is 104 cm³/mol. The maximum Gasteiger partial charge on any atom is 0.264 e. The minimum atomic E-state index is -2.56. The molecule has 126 valence electrons. The monoisotopic (exact) mass is 369 g/mol. The lowest BCUT2D eigenvalue weighted by Crippen LogP contribution is -2.11. The molecule has 2 aromatic carbocycles. The fraction of sp³-hybridized carbons (Fsp3) is 0.105. The molecule has 4 nitrogen and oxygen atoms in total. The number of rotatable bonds is 6. The van der Waals surface area contributed by atoms with Crippen molar-refractivity contribution in [3.8, 4) is 25.1 Å². The highest BCUT2D eigenvalue weighted by Gasteiger charge is 2.19. The van der Waals surface area contributed by atoms with Gasteiger partial charge in [-0.3, -0.25) is 4.79 Å². The van der Waals surface area contributed by atoms with Crippen molar-refractivity contribution in [2.45, 2.75) is 13.1 Å². The first-order chi connectivity index (χ1) is 12.0. The first kappa shape index (κ1) is 18.7. The van der Waals surface area contributed by atoms with Crippen LogP contribution in [0.4, 0.5) is 5.69 Å². The molecular formula is C19H17NO3P2. The summed E-state index contributed by atoms with van der Waals surface area (Å²) in [5.41, 5.74) is 3.25. The van der Waals surface area contributed by atoms with E-state index in [0.717, 1.165) is 16.8 Å². The van der Waals surface area contributed by atoms with Crippen molar-refractivity contribution in [1.29, 1.82) is 0 Å². The van der Waals surface area contributed by atoms with Gasteiger partial charge < -0.3 is 14.4 Å². The van der Waals surface area contributed by atoms with Gasteiger partial charge in [0, 0.05) is 11.3 Å². The van der Waals surface area contributed by atoms with E-state index in [1.54, 1.807) is 24.3 Å². The van der Waals surface area contributed by atoms with Gasteiger partial charge in [-0.05, 0) is 50.8 Å². The van der Waals surface area contributed by atoms with Crippen LogP contribution in [0.5, 0.6) is 0 Å². The number of terminal acetylenes is 2. The Hall–Kier alpha value is -2.64. The molecule has 0 fully saturated rings. The maximum absolute atomic E-state index is 12.3. The smallest absolute Gasteiger partial charge is 0.264 e. The maximum atomic E-state index is 12.3. The molecule has 6 heteroatoms. The fourth-order valence-corrected chi connectivity index (χ4v) is 4.24. The van der Waals surface area contributed by atoms with Gasteiger partial charge in [-0.1, -0.05) is 37.1 Å². The molecule has 0 radical (unpaired) electrons. The SMILES string of the molecule is C#COP(=P)(Cc1ccc(C(=O)Nc2cccc(C)c2)cc1)OC#C. The second-order valence-electron chi connectivity index (χ2n) is 5.27. The van der Waals surface area contributed by atoms with E-state index in [-0.39, 0.29) is 5.91 Å². The molecular weight excluding hydrogens is 352 g/mol. The number of hydrogen-bond donors (Lipinski definition) is 1. The van der Waals surface area contributed by atoms with Crippen LogP contribution in [0, 0.1) is 32.0 Å². The summed E-state index contributed by atoms with van der Waals surface area (Å²) >= 11 is 0. The van der Waals surface area contributed by atoms with Crippen LogP contribution in [0.15, 0.2) is 48.5 Å². The Morgan fingerprint density at radius 3 is 2.36 bits per heavy atom. The van der Waals surface area contributed by atoms with Gasteiger partial charge in [0.1, 0.15) is 12.2 Å². The normalized spacial score (nSPS) is 10.2.